The van der Waals surface area contributed by atoms with Gasteiger partial charge in [0.2, 0.25) is 5.91 Å². The fraction of sp³-hybridized carbons (Fsp3) is 0.355. The molecule has 4 aliphatic heterocycles. The van der Waals surface area contributed by atoms with Crippen molar-refractivity contribution < 1.29 is 33.8 Å². The minimum absolute atomic E-state index is 0.0253. The molecule has 2 unspecified atom stereocenters. The first kappa shape index (κ1) is 52.2. The molecule has 4 aromatic rings. The molecule has 2 saturated heterocycles. The minimum Gasteiger partial charge on any atom is -0.481 e. The van der Waals surface area contributed by atoms with Crippen LogP contribution in [0, 0.1) is 11.8 Å². The van der Waals surface area contributed by atoms with Crippen molar-refractivity contribution in [2.75, 3.05) is 88.3 Å². The smallest absolute Gasteiger partial charge is 0.303 e. The average molecular weight is 1010 g/mol. The van der Waals surface area contributed by atoms with Gasteiger partial charge in [-0.2, -0.15) is 0 Å². The number of carbonyl (C=O) groups is 4. The minimum atomic E-state index is -0.988. The number of carbonyl (C=O) groups excluding carboxylic acids is 3. The monoisotopic (exact) mass is 1010 g/mol. The Labute approximate surface area is 441 Å². The molecule has 13 heteroatoms. The van der Waals surface area contributed by atoms with E-state index in [1.807, 2.05) is 47.4 Å². The van der Waals surface area contributed by atoms with E-state index in [1.54, 1.807) is 9.80 Å². The third-order valence-corrected chi connectivity index (χ3v) is 14.9. The van der Waals surface area contributed by atoms with Gasteiger partial charge in [0.05, 0.1) is 6.42 Å². The van der Waals surface area contributed by atoms with Gasteiger partial charge in [0.25, 0.3) is 11.8 Å². The van der Waals surface area contributed by atoms with Crippen LogP contribution in [0.4, 0.5) is 11.4 Å². The molecule has 4 heterocycles. The molecule has 4 aromatic carbocycles. The first-order valence-electron chi connectivity index (χ1n) is 26.8. The van der Waals surface area contributed by atoms with E-state index >= 15 is 0 Å². The van der Waals surface area contributed by atoms with Crippen LogP contribution in [0.2, 0.25) is 0 Å². The molecular formula is C62H70N6O7. The topological polar surface area (TPSA) is 135 Å². The number of rotatable bonds is 13. The number of anilines is 2. The second-order valence-corrected chi connectivity index (χ2v) is 19.7. The van der Waals surface area contributed by atoms with E-state index in [0.29, 0.717) is 37.7 Å². The zero-order valence-electron chi connectivity index (χ0n) is 44.2. The molecule has 2 fully saturated rings. The maximum Gasteiger partial charge on any atom is 0.303 e. The zero-order chi connectivity index (χ0) is 52.8. The lowest BCUT2D eigenvalue weighted by atomic mass is 9.84. The van der Waals surface area contributed by atoms with Gasteiger partial charge in [-0.05, 0) is 99.2 Å². The largest absolute Gasteiger partial charge is 0.481 e. The van der Waals surface area contributed by atoms with Crippen LogP contribution in [0.5, 0.6) is 11.5 Å². The summed E-state index contributed by atoms with van der Waals surface area (Å²) in [6.45, 7) is 21.2. The molecule has 0 radical (unpaired) electrons. The van der Waals surface area contributed by atoms with Crippen LogP contribution in [0.1, 0.15) is 97.4 Å². The highest BCUT2D eigenvalue weighted by atomic mass is 16.5. The number of hydrogen-bond acceptors (Lipinski definition) is 9. The molecular weight excluding hydrogens is 941 g/mol. The molecule has 2 N–H and O–H groups in total. The molecule has 390 valence electrons. The summed E-state index contributed by atoms with van der Waals surface area (Å²) in [6.07, 6.45) is 12.7. The SMILES string of the molecule is CCN(CC)c1ccc2c(c1)OC1=CC(C)C=CC1=C2c1ccccc1C(=O)N1CCN(C(=O)CCC(=O)O)CC1.CCN(CC)c1ccc2c(c1)OC1=CC(C)C=CC1=C2c1ccccc1C(=O)N1CCNCC1. The molecule has 2 aliphatic carbocycles. The molecule has 13 nitrogen and oxygen atoms in total. The van der Waals surface area contributed by atoms with E-state index in [9.17, 15) is 19.2 Å². The maximum atomic E-state index is 14.0. The van der Waals surface area contributed by atoms with Crippen molar-refractivity contribution in [3.63, 3.8) is 0 Å². The van der Waals surface area contributed by atoms with Crippen LogP contribution in [-0.2, 0) is 9.59 Å². The molecule has 75 heavy (non-hydrogen) atoms. The first-order chi connectivity index (χ1) is 36.4. The third kappa shape index (κ3) is 11.1. The van der Waals surface area contributed by atoms with Crippen LogP contribution in [-0.4, -0.2) is 122 Å². The van der Waals surface area contributed by atoms with Crippen molar-refractivity contribution in [1.82, 2.24) is 20.0 Å². The van der Waals surface area contributed by atoms with Gasteiger partial charge < -0.3 is 44.4 Å². The Morgan fingerprint density at radius 3 is 1.43 bits per heavy atom. The number of fused-ring (bicyclic) bond motifs is 4. The number of benzene rings is 4. The van der Waals surface area contributed by atoms with Gasteiger partial charge in [0, 0.05) is 153 Å². The normalized spacial score (nSPS) is 18.5. The number of nitrogens with one attached hydrogen (secondary N) is 1. The second-order valence-electron chi connectivity index (χ2n) is 19.7. The summed E-state index contributed by atoms with van der Waals surface area (Å²) in [5, 5.41) is 12.2. The molecule has 6 aliphatic rings. The Balaban J connectivity index is 0.000000187. The first-order valence-corrected chi connectivity index (χ1v) is 26.8. The Bertz CT molecular complexity index is 3030. The molecule has 3 amide bonds. The highest BCUT2D eigenvalue weighted by molar-refractivity contribution is 6.05. The van der Waals surface area contributed by atoms with Crippen molar-refractivity contribution in [2.45, 2.75) is 54.4 Å². The highest BCUT2D eigenvalue weighted by Crippen LogP contribution is 2.47. The summed E-state index contributed by atoms with van der Waals surface area (Å²) in [5.74, 6) is 2.66. The fourth-order valence-corrected chi connectivity index (χ4v) is 10.8. The van der Waals surface area contributed by atoms with E-state index in [0.717, 1.165) is 137 Å². The van der Waals surface area contributed by atoms with E-state index in [1.165, 1.54) is 0 Å². The summed E-state index contributed by atoms with van der Waals surface area (Å²) >= 11 is 0. The van der Waals surface area contributed by atoms with Gasteiger partial charge in [0.1, 0.15) is 23.0 Å². The lowest BCUT2D eigenvalue weighted by Crippen LogP contribution is -2.50. The molecule has 2 atom stereocenters. The van der Waals surface area contributed by atoms with Gasteiger partial charge >= 0.3 is 5.97 Å². The van der Waals surface area contributed by atoms with Crippen LogP contribution in [0.15, 0.2) is 144 Å². The lowest BCUT2D eigenvalue weighted by Gasteiger charge is -2.35. The molecule has 0 bridgehead atoms. The van der Waals surface area contributed by atoms with Gasteiger partial charge in [-0.3, -0.25) is 19.2 Å². The Morgan fingerprint density at radius 1 is 0.560 bits per heavy atom. The van der Waals surface area contributed by atoms with Crippen LogP contribution >= 0.6 is 0 Å². The number of carboxylic acids is 1. The number of hydrogen-bond donors (Lipinski definition) is 2. The van der Waals surface area contributed by atoms with Crippen LogP contribution in [0.3, 0.4) is 0 Å². The molecule has 0 saturated carbocycles. The van der Waals surface area contributed by atoms with Gasteiger partial charge in [-0.15, -0.1) is 0 Å². The van der Waals surface area contributed by atoms with Gasteiger partial charge in [0.15, 0.2) is 0 Å². The Morgan fingerprint density at radius 2 is 0.987 bits per heavy atom. The Kier molecular flexibility index (Phi) is 16.2. The standard InChI is InChI=1S/C33H37N3O5.C29H33N3O2/c1-4-34(5-2)23-11-13-27-29(21-23)41-28-20-22(3)10-12-26(28)32(27)24-8-6-7-9-25(24)33(40)36-18-16-35(17-19-36)30(37)14-15-31(38)39;1-4-31(5-2)21-11-13-25-27(19-21)34-26-18-20(3)10-12-24(26)28(25)22-8-6-7-9-23(22)29(33)32-16-14-30-15-17-32/h6-13,20-22H,4-5,14-19H2,1-3H3,(H,38,39);6-13,18-20,30H,4-5,14-17H2,1-3H3. The van der Waals surface area contributed by atoms with E-state index in [2.05, 4.69) is 136 Å². The number of amides is 3. The van der Waals surface area contributed by atoms with Crippen molar-refractivity contribution in [3.05, 3.63) is 177 Å². The van der Waals surface area contributed by atoms with E-state index < -0.39 is 5.97 Å². The van der Waals surface area contributed by atoms with Crippen LogP contribution < -0.4 is 24.6 Å². The van der Waals surface area contributed by atoms with E-state index in [-0.39, 0.29) is 36.5 Å². The van der Waals surface area contributed by atoms with Crippen LogP contribution in [0.25, 0.3) is 11.1 Å². The van der Waals surface area contributed by atoms with Gasteiger partial charge in [-0.25, -0.2) is 0 Å². The summed E-state index contributed by atoms with van der Waals surface area (Å²) < 4.78 is 13.0. The van der Waals surface area contributed by atoms with Crippen molar-refractivity contribution in [1.29, 1.82) is 0 Å². The second kappa shape index (κ2) is 23.3. The Hall–Kier alpha value is -7.64. The summed E-state index contributed by atoms with van der Waals surface area (Å²) in [6, 6.07) is 28.5. The number of carboxylic acid groups (broad SMARTS) is 1. The predicted molar refractivity (Wildman–Crippen MR) is 297 cm³/mol. The lowest BCUT2D eigenvalue weighted by molar-refractivity contribution is -0.141. The number of nitrogens with zero attached hydrogens (tertiary/aromatic N) is 5. The number of ether oxygens (including phenoxy) is 2. The zero-order valence-corrected chi connectivity index (χ0v) is 44.2. The fourth-order valence-electron chi connectivity index (χ4n) is 10.8. The van der Waals surface area contributed by atoms with Crippen molar-refractivity contribution in [3.8, 4) is 11.5 Å². The number of allylic oxidation sites excluding steroid dienone is 6. The molecule has 0 aromatic heterocycles. The third-order valence-electron chi connectivity index (χ3n) is 14.9. The summed E-state index contributed by atoms with van der Waals surface area (Å²) in [7, 11) is 0. The van der Waals surface area contributed by atoms with Gasteiger partial charge in [-0.1, -0.05) is 74.5 Å². The predicted octanol–water partition coefficient (Wildman–Crippen LogP) is 9.83. The molecule has 10 rings (SSSR count). The molecule has 0 spiro atoms. The summed E-state index contributed by atoms with van der Waals surface area (Å²) in [4.78, 5) is 60.8. The maximum absolute atomic E-state index is 14.0. The summed E-state index contributed by atoms with van der Waals surface area (Å²) in [5.41, 5.74) is 11.4. The van der Waals surface area contributed by atoms with Crippen molar-refractivity contribution in [2.24, 2.45) is 11.8 Å². The number of aliphatic carboxylic acids is 1. The van der Waals surface area contributed by atoms with E-state index in [4.69, 9.17) is 14.6 Å². The quantitative estimate of drug-likeness (QED) is 0.133. The highest BCUT2D eigenvalue weighted by Gasteiger charge is 2.33. The van der Waals surface area contributed by atoms with Crippen molar-refractivity contribution >= 4 is 46.2 Å². The number of piperazine rings is 2. The average Bonchev–Trinajstić information content (AvgIpc) is 3.44.